The van der Waals surface area contributed by atoms with E-state index in [1.54, 1.807) is 13.0 Å². The molecule has 0 amide bonds. The Morgan fingerprint density at radius 3 is 2.53 bits per heavy atom. The molecule has 1 aliphatic rings. The van der Waals surface area contributed by atoms with Gasteiger partial charge in [-0.15, -0.1) is 0 Å². The van der Waals surface area contributed by atoms with Crippen LogP contribution in [0.4, 0.5) is 0 Å². The van der Waals surface area contributed by atoms with Crippen LogP contribution in [-0.2, 0) is 25.9 Å². The summed E-state index contributed by atoms with van der Waals surface area (Å²) >= 11 is 0. The molecule has 9 heteroatoms. The lowest BCUT2D eigenvalue weighted by atomic mass is 9.78. The van der Waals surface area contributed by atoms with E-state index in [9.17, 15) is 20.4 Å². The summed E-state index contributed by atoms with van der Waals surface area (Å²) in [5.74, 6) is 3.13. The maximum absolute atomic E-state index is 10.7. The maximum atomic E-state index is 10.7. The number of aliphatic hydroxyl groups is 3. The quantitative estimate of drug-likeness (QED) is 0.0695. The maximum Gasteiger partial charge on any atom is 0.161 e. The van der Waals surface area contributed by atoms with Crippen molar-refractivity contribution in [2.45, 2.75) is 122 Å². The van der Waals surface area contributed by atoms with Crippen LogP contribution in [0.5, 0.6) is 11.5 Å². The Hall–Kier alpha value is -2.82. The number of nitrogens with one attached hydrogen (secondary N) is 3. The molecule has 0 aliphatic heterocycles. The fraction of sp³-hybridized carbons (Fsp3) is 0.632. The summed E-state index contributed by atoms with van der Waals surface area (Å²) in [6, 6.07) is 9.78. The lowest BCUT2D eigenvalue weighted by molar-refractivity contribution is 0.174. The number of aromatic nitrogens is 1. The first-order valence-electron chi connectivity index (χ1n) is 18.0. The number of H-pyrrole nitrogens is 1. The topological polar surface area (TPSA) is 143 Å². The zero-order valence-electron chi connectivity index (χ0n) is 28.8. The molecule has 4 rings (SSSR count). The van der Waals surface area contributed by atoms with E-state index >= 15 is 0 Å². The van der Waals surface area contributed by atoms with Gasteiger partial charge in [-0.3, -0.25) is 0 Å². The monoisotopic (exact) mass is 653 g/mol. The van der Waals surface area contributed by atoms with Gasteiger partial charge in [0.2, 0.25) is 0 Å². The van der Waals surface area contributed by atoms with Gasteiger partial charge in [0.15, 0.2) is 11.5 Å². The molecule has 0 bridgehead atoms. The number of aromatic amines is 1. The zero-order chi connectivity index (χ0) is 33.6. The van der Waals surface area contributed by atoms with Gasteiger partial charge in [0, 0.05) is 55.4 Å². The largest absolute Gasteiger partial charge is 0.504 e. The second-order valence-corrected chi connectivity index (χ2v) is 13.3. The number of phenolic OH excluding ortho intramolecular Hbond substituents is 1. The van der Waals surface area contributed by atoms with Gasteiger partial charge in [0.1, 0.15) is 18.1 Å². The Balaban J connectivity index is 1.45. The molecule has 47 heavy (non-hydrogen) atoms. The van der Waals surface area contributed by atoms with Crippen LogP contribution in [0.1, 0.15) is 118 Å². The highest BCUT2D eigenvalue weighted by Gasteiger charge is 2.33. The molecule has 1 aliphatic carbocycles. The van der Waals surface area contributed by atoms with Crippen molar-refractivity contribution in [1.82, 2.24) is 15.6 Å². The molecule has 262 valence electrons. The van der Waals surface area contributed by atoms with Crippen LogP contribution < -0.4 is 15.4 Å². The highest BCUT2D eigenvalue weighted by molar-refractivity contribution is 5.42. The van der Waals surface area contributed by atoms with Crippen LogP contribution in [0.2, 0.25) is 0 Å². The van der Waals surface area contributed by atoms with Crippen molar-refractivity contribution < 1.29 is 29.6 Å². The standard InChI is InChI=1S/C38H59N3O6/c1-4-6-13-36-30(24-43)20-31(47-36)16-14-27-15-17-35(45)37(19-27)46-25-34(39-5-2)33-21-29(23-41-33)38(28-10-7-8-11-28)32(12-9-18-42)40-22-26(3)44/h15,17,19-21,23,26,28,32,34,38-45H,4-14,16,18,22,24-25H2,1-3H3. The van der Waals surface area contributed by atoms with Crippen molar-refractivity contribution in [1.29, 1.82) is 0 Å². The number of hydrogen-bond donors (Lipinski definition) is 7. The van der Waals surface area contributed by atoms with Crippen LogP contribution in [0.3, 0.4) is 0 Å². The molecule has 2 aromatic heterocycles. The van der Waals surface area contributed by atoms with Crippen LogP contribution in [0.25, 0.3) is 0 Å². The molecular weight excluding hydrogens is 594 g/mol. The first-order chi connectivity index (χ1) is 22.9. The molecule has 1 aromatic carbocycles. The summed E-state index contributed by atoms with van der Waals surface area (Å²) in [6.07, 6.45) is 12.5. The van der Waals surface area contributed by atoms with E-state index in [-0.39, 0.29) is 37.0 Å². The molecule has 9 nitrogen and oxygen atoms in total. The number of rotatable bonds is 22. The number of furan rings is 1. The van der Waals surface area contributed by atoms with Gasteiger partial charge < -0.3 is 45.2 Å². The SMILES string of the molecule is CCCCc1oc(CCc2ccc(O)c(OCC(NCC)c3cc(C(C4CCCC4)C(CCCO)NCC(C)O)c[nH]3)c2)cc1CO. The van der Waals surface area contributed by atoms with E-state index in [4.69, 9.17) is 9.15 Å². The Bertz CT molecular complexity index is 1310. The first-order valence-corrected chi connectivity index (χ1v) is 18.0. The van der Waals surface area contributed by atoms with E-state index < -0.39 is 6.10 Å². The molecule has 4 atom stereocenters. The number of phenols is 1. The Kier molecular flexibility index (Phi) is 15.2. The third-order valence-electron chi connectivity index (χ3n) is 9.59. The molecule has 3 aromatic rings. The predicted molar refractivity (Wildman–Crippen MR) is 186 cm³/mol. The highest BCUT2D eigenvalue weighted by Crippen LogP contribution is 2.41. The van der Waals surface area contributed by atoms with E-state index in [1.807, 2.05) is 18.2 Å². The molecule has 0 spiro atoms. The van der Waals surface area contributed by atoms with E-state index in [0.29, 0.717) is 31.2 Å². The van der Waals surface area contributed by atoms with Gasteiger partial charge in [-0.2, -0.15) is 0 Å². The van der Waals surface area contributed by atoms with Gasteiger partial charge in [-0.1, -0.05) is 39.2 Å². The summed E-state index contributed by atoms with van der Waals surface area (Å²) in [6.45, 7) is 7.79. The molecule has 0 radical (unpaired) electrons. The number of ether oxygens (including phenoxy) is 1. The van der Waals surface area contributed by atoms with Gasteiger partial charge >= 0.3 is 0 Å². The number of aliphatic hydroxyl groups excluding tert-OH is 3. The third kappa shape index (κ3) is 10.8. The second kappa shape index (κ2) is 19.2. The molecule has 0 saturated heterocycles. The Morgan fingerprint density at radius 2 is 1.83 bits per heavy atom. The van der Waals surface area contributed by atoms with Crippen LogP contribution in [-0.4, -0.2) is 63.9 Å². The summed E-state index contributed by atoms with van der Waals surface area (Å²) in [4.78, 5) is 3.54. The number of aromatic hydroxyl groups is 1. The number of benzene rings is 1. The molecule has 4 unspecified atom stereocenters. The van der Waals surface area contributed by atoms with E-state index in [1.165, 1.54) is 31.2 Å². The van der Waals surface area contributed by atoms with E-state index in [2.05, 4.69) is 41.7 Å². The number of likely N-dealkylation sites (N-methyl/N-ethyl adjacent to an activating group) is 1. The van der Waals surface area contributed by atoms with Crippen molar-refractivity contribution in [2.24, 2.45) is 5.92 Å². The van der Waals surface area contributed by atoms with Gasteiger partial charge in [-0.25, -0.2) is 0 Å². The first kappa shape index (κ1) is 37.0. The average molecular weight is 654 g/mol. The summed E-state index contributed by atoms with van der Waals surface area (Å²) in [5.41, 5.74) is 4.19. The lowest BCUT2D eigenvalue weighted by Gasteiger charge is -2.33. The molecule has 2 heterocycles. The van der Waals surface area contributed by atoms with Gasteiger partial charge in [-0.05, 0) is 93.3 Å². The number of aryl methyl sites for hydroxylation is 3. The van der Waals surface area contributed by atoms with Gasteiger partial charge in [0.05, 0.1) is 18.8 Å². The van der Waals surface area contributed by atoms with Crippen LogP contribution >= 0.6 is 0 Å². The van der Waals surface area contributed by atoms with Crippen molar-refractivity contribution in [3.63, 3.8) is 0 Å². The summed E-state index contributed by atoms with van der Waals surface area (Å²) < 4.78 is 12.3. The molecule has 7 N–H and O–H groups in total. The Morgan fingerprint density at radius 1 is 1.02 bits per heavy atom. The minimum absolute atomic E-state index is 0.0135. The predicted octanol–water partition coefficient (Wildman–Crippen LogP) is 6.05. The normalized spacial score (nSPS) is 16.4. The molecule has 1 fully saturated rings. The fourth-order valence-electron chi connectivity index (χ4n) is 7.12. The van der Waals surface area contributed by atoms with E-state index in [0.717, 1.165) is 73.4 Å². The third-order valence-corrected chi connectivity index (χ3v) is 9.59. The molecule has 1 saturated carbocycles. The van der Waals surface area contributed by atoms with Crippen LogP contribution in [0, 0.1) is 5.92 Å². The van der Waals surface area contributed by atoms with Gasteiger partial charge in [0.25, 0.3) is 0 Å². The number of hydrogen-bond acceptors (Lipinski definition) is 8. The minimum atomic E-state index is -0.435. The van der Waals surface area contributed by atoms with Crippen molar-refractivity contribution >= 4 is 0 Å². The average Bonchev–Trinajstić information content (AvgIpc) is 3.85. The molecular formula is C38H59N3O6. The summed E-state index contributed by atoms with van der Waals surface area (Å²) in [7, 11) is 0. The van der Waals surface area contributed by atoms with Crippen LogP contribution in [0.15, 0.2) is 40.9 Å². The zero-order valence-corrected chi connectivity index (χ0v) is 28.8. The second-order valence-electron chi connectivity index (χ2n) is 13.3. The lowest BCUT2D eigenvalue weighted by Crippen LogP contribution is -2.41. The van der Waals surface area contributed by atoms with Crippen molar-refractivity contribution in [2.75, 3.05) is 26.3 Å². The fourth-order valence-corrected chi connectivity index (χ4v) is 7.12. The Labute approximate surface area is 281 Å². The number of unbranched alkanes of at least 4 members (excludes halogenated alkanes) is 1. The minimum Gasteiger partial charge on any atom is -0.504 e. The van der Waals surface area contributed by atoms with Crippen molar-refractivity contribution in [3.8, 4) is 11.5 Å². The highest BCUT2D eigenvalue weighted by atomic mass is 16.5. The summed E-state index contributed by atoms with van der Waals surface area (Å²) in [5, 5.41) is 47.2. The van der Waals surface area contributed by atoms with Crippen molar-refractivity contribution in [3.05, 3.63) is 70.4 Å². The smallest absolute Gasteiger partial charge is 0.161 e.